The molecule has 0 aliphatic rings. The Morgan fingerprint density at radius 1 is 1.38 bits per heavy atom. The molecule has 4 N–H and O–H groups in total. The summed E-state index contributed by atoms with van der Waals surface area (Å²) in [6.45, 7) is 5.38. The summed E-state index contributed by atoms with van der Waals surface area (Å²) in [5.74, 6) is 1.10. The van der Waals surface area contributed by atoms with Crippen LogP contribution in [-0.2, 0) is 0 Å². The molecule has 90 valence electrons. The predicted molar refractivity (Wildman–Crippen MR) is 67.7 cm³/mol. The minimum Gasteiger partial charge on any atom is -0.494 e. The lowest BCUT2D eigenvalue weighted by molar-refractivity contribution is 0.317. The SMILES string of the molecule is CCCOc1cccc(C(CN)C(C)N)c1. The molecule has 0 aliphatic heterocycles. The quantitative estimate of drug-likeness (QED) is 0.772. The van der Waals surface area contributed by atoms with E-state index >= 15 is 0 Å². The van der Waals surface area contributed by atoms with Gasteiger partial charge < -0.3 is 16.2 Å². The Morgan fingerprint density at radius 3 is 2.69 bits per heavy atom. The van der Waals surface area contributed by atoms with Crippen molar-refractivity contribution < 1.29 is 4.74 Å². The Kier molecular flexibility index (Phi) is 5.29. The van der Waals surface area contributed by atoms with Gasteiger partial charge in [0.1, 0.15) is 5.75 Å². The molecule has 0 bridgehead atoms. The first-order valence-corrected chi connectivity index (χ1v) is 5.87. The van der Waals surface area contributed by atoms with Crippen LogP contribution in [0, 0.1) is 0 Å². The van der Waals surface area contributed by atoms with Gasteiger partial charge in [0.15, 0.2) is 0 Å². The molecule has 0 saturated heterocycles. The normalized spacial score (nSPS) is 14.5. The van der Waals surface area contributed by atoms with Crippen LogP contribution in [0.5, 0.6) is 5.75 Å². The Labute approximate surface area is 97.8 Å². The molecule has 2 atom stereocenters. The van der Waals surface area contributed by atoms with Gasteiger partial charge in [0, 0.05) is 18.5 Å². The van der Waals surface area contributed by atoms with E-state index in [-0.39, 0.29) is 12.0 Å². The molecule has 1 rings (SSSR count). The number of hydrogen-bond donors (Lipinski definition) is 2. The third kappa shape index (κ3) is 3.51. The molecule has 0 aromatic heterocycles. The lowest BCUT2D eigenvalue weighted by Gasteiger charge is -2.19. The highest BCUT2D eigenvalue weighted by atomic mass is 16.5. The summed E-state index contributed by atoms with van der Waals surface area (Å²) in [4.78, 5) is 0. The molecule has 0 fully saturated rings. The van der Waals surface area contributed by atoms with E-state index in [9.17, 15) is 0 Å². The van der Waals surface area contributed by atoms with Gasteiger partial charge in [0.2, 0.25) is 0 Å². The average molecular weight is 222 g/mol. The third-order valence-corrected chi connectivity index (χ3v) is 2.65. The largest absolute Gasteiger partial charge is 0.494 e. The van der Waals surface area contributed by atoms with E-state index in [4.69, 9.17) is 16.2 Å². The second-order valence-corrected chi connectivity index (χ2v) is 4.12. The van der Waals surface area contributed by atoms with E-state index in [2.05, 4.69) is 13.0 Å². The highest BCUT2D eigenvalue weighted by Gasteiger charge is 2.14. The summed E-state index contributed by atoms with van der Waals surface area (Å²) in [6.07, 6.45) is 1.01. The second-order valence-electron chi connectivity index (χ2n) is 4.12. The van der Waals surface area contributed by atoms with Gasteiger partial charge in [-0.2, -0.15) is 0 Å². The van der Waals surface area contributed by atoms with Gasteiger partial charge in [-0.15, -0.1) is 0 Å². The summed E-state index contributed by atoms with van der Waals surface area (Å²) in [6, 6.07) is 8.11. The van der Waals surface area contributed by atoms with Gasteiger partial charge in [-0.1, -0.05) is 19.1 Å². The van der Waals surface area contributed by atoms with Gasteiger partial charge in [0.25, 0.3) is 0 Å². The molecular weight excluding hydrogens is 200 g/mol. The summed E-state index contributed by atoms with van der Waals surface area (Å²) >= 11 is 0. The lowest BCUT2D eigenvalue weighted by atomic mass is 9.93. The van der Waals surface area contributed by atoms with Crippen LogP contribution in [0.4, 0.5) is 0 Å². The molecule has 3 nitrogen and oxygen atoms in total. The van der Waals surface area contributed by atoms with E-state index in [1.54, 1.807) is 0 Å². The van der Waals surface area contributed by atoms with Crippen LogP contribution in [0.3, 0.4) is 0 Å². The van der Waals surface area contributed by atoms with Crippen LogP contribution in [-0.4, -0.2) is 19.2 Å². The molecule has 2 unspecified atom stereocenters. The van der Waals surface area contributed by atoms with Crippen molar-refractivity contribution in [2.24, 2.45) is 11.5 Å². The Bertz CT molecular complexity index is 313. The summed E-state index contributed by atoms with van der Waals surface area (Å²) < 4.78 is 5.59. The van der Waals surface area contributed by atoms with E-state index in [1.807, 2.05) is 25.1 Å². The van der Waals surface area contributed by atoms with Crippen molar-refractivity contribution in [2.75, 3.05) is 13.2 Å². The van der Waals surface area contributed by atoms with E-state index in [0.717, 1.165) is 24.3 Å². The van der Waals surface area contributed by atoms with E-state index < -0.39 is 0 Å². The second kappa shape index (κ2) is 6.51. The van der Waals surface area contributed by atoms with Crippen molar-refractivity contribution >= 4 is 0 Å². The first-order chi connectivity index (χ1) is 7.69. The van der Waals surface area contributed by atoms with Crippen LogP contribution >= 0.6 is 0 Å². The third-order valence-electron chi connectivity index (χ3n) is 2.65. The maximum absolute atomic E-state index is 5.91. The Hall–Kier alpha value is -1.06. The number of rotatable bonds is 6. The molecule has 0 aliphatic carbocycles. The van der Waals surface area contributed by atoms with Crippen LogP contribution in [0.15, 0.2) is 24.3 Å². The van der Waals surface area contributed by atoms with Crippen molar-refractivity contribution in [3.8, 4) is 5.75 Å². The fourth-order valence-corrected chi connectivity index (χ4v) is 1.71. The van der Waals surface area contributed by atoms with Crippen LogP contribution in [0.2, 0.25) is 0 Å². The molecule has 1 aromatic carbocycles. The van der Waals surface area contributed by atoms with Crippen LogP contribution < -0.4 is 16.2 Å². The van der Waals surface area contributed by atoms with Crippen molar-refractivity contribution in [2.45, 2.75) is 32.2 Å². The molecule has 0 spiro atoms. The smallest absolute Gasteiger partial charge is 0.119 e. The minimum absolute atomic E-state index is 0.0615. The maximum Gasteiger partial charge on any atom is 0.119 e. The van der Waals surface area contributed by atoms with Gasteiger partial charge in [-0.05, 0) is 31.0 Å². The Balaban J connectivity index is 2.79. The first kappa shape index (κ1) is 13.0. The van der Waals surface area contributed by atoms with Crippen LogP contribution in [0.25, 0.3) is 0 Å². The fraction of sp³-hybridized carbons (Fsp3) is 0.538. The zero-order valence-electron chi connectivity index (χ0n) is 10.1. The number of ether oxygens (including phenoxy) is 1. The lowest BCUT2D eigenvalue weighted by Crippen LogP contribution is -2.30. The molecular formula is C13H22N2O. The topological polar surface area (TPSA) is 61.3 Å². The first-order valence-electron chi connectivity index (χ1n) is 5.87. The number of benzene rings is 1. The summed E-state index contributed by atoms with van der Waals surface area (Å²) in [7, 11) is 0. The zero-order valence-corrected chi connectivity index (χ0v) is 10.1. The number of nitrogens with two attached hydrogens (primary N) is 2. The fourth-order valence-electron chi connectivity index (χ4n) is 1.71. The van der Waals surface area contributed by atoms with Crippen molar-refractivity contribution in [1.29, 1.82) is 0 Å². The predicted octanol–water partition coefficient (Wildman–Crippen LogP) is 1.86. The van der Waals surface area contributed by atoms with Crippen LogP contribution in [0.1, 0.15) is 31.7 Å². The summed E-state index contributed by atoms with van der Waals surface area (Å²) in [5.41, 5.74) is 12.8. The number of hydrogen-bond acceptors (Lipinski definition) is 3. The minimum atomic E-state index is 0.0615. The van der Waals surface area contributed by atoms with Gasteiger partial charge in [0.05, 0.1) is 6.61 Å². The standard InChI is InChI=1S/C13H22N2O/c1-3-7-16-12-6-4-5-11(8-12)13(9-14)10(2)15/h4-6,8,10,13H,3,7,9,14-15H2,1-2H3. The highest BCUT2D eigenvalue weighted by molar-refractivity contribution is 5.31. The Morgan fingerprint density at radius 2 is 2.12 bits per heavy atom. The van der Waals surface area contributed by atoms with Gasteiger partial charge >= 0.3 is 0 Å². The highest BCUT2D eigenvalue weighted by Crippen LogP contribution is 2.22. The molecule has 0 heterocycles. The average Bonchev–Trinajstić information content (AvgIpc) is 2.27. The molecule has 3 heteroatoms. The van der Waals surface area contributed by atoms with Gasteiger partial charge in [-0.3, -0.25) is 0 Å². The monoisotopic (exact) mass is 222 g/mol. The van der Waals surface area contributed by atoms with Crippen molar-refractivity contribution in [1.82, 2.24) is 0 Å². The van der Waals surface area contributed by atoms with Gasteiger partial charge in [-0.25, -0.2) is 0 Å². The zero-order chi connectivity index (χ0) is 12.0. The molecule has 16 heavy (non-hydrogen) atoms. The molecule has 1 aromatic rings. The molecule has 0 radical (unpaired) electrons. The molecule has 0 amide bonds. The molecule has 0 saturated carbocycles. The van der Waals surface area contributed by atoms with E-state index in [0.29, 0.717) is 6.54 Å². The van der Waals surface area contributed by atoms with Crippen molar-refractivity contribution in [3.05, 3.63) is 29.8 Å². The van der Waals surface area contributed by atoms with E-state index in [1.165, 1.54) is 0 Å². The summed E-state index contributed by atoms with van der Waals surface area (Å²) in [5, 5.41) is 0. The van der Waals surface area contributed by atoms with Crippen molar-refractivity contribution in [3.63, 3.8) is 0 Å². The maximum atomic E-state index is 5.91.